The molecule has 1 aromatic rings. The van der Waals surface area contributed by atoms with Gasteiger partial charge < -0.3 is 10.2 Å². The van der Waals surface area contributed by atoms with Crippen molar-refractivity contribution in [3.63, 3.8) is 0 Å². The molecule has 2 aliphatic rings. The topological polar surface area (TPSA) is 32.3 Å². The van der Waals surface area contributed by atoms with Crippen LogP contribution in [0.2, 0.25) is 0 Å². The van der Waals surface area contributed by atoms with Gasteiger partial charge in [0.05, 0.1) is 6.04 Å². The van der Waals surface area contributed by atoms with Gasteiger partial charge in [-0.25, -0.2) is 0 Å². The molecule has 0 saturated heterocycles. The summed E-state index contributed by atoms with van der Waals surface area (Å²) in [4.78, 5) is 14.7. The Balaban J connectivity index is 1.53. The van der Waals surface area contributed by atoms with Crippen LogP contribution in [-0.4, -0.2) is 29.9 Å². The molecule has 3 rings (SSSR count). The minimum absolute atomic E-state index is 0.204. The summed E-state index contributed by atoms with van der Waals surface area (Å²) < 4.78 is 0. The fourth-order valence-corrected chi connectivity index (χ4v) is 3.45. The van der Waals surface area contributed by atoms with Crippen molar-refractivity contribution in [1.82, 2.24) is 10.2 Å². The minimum atomic E-state index is 0.204. The Morgan fingerprint density at radius 3 is 2.86 bits per heavy atom. The molecule has 0 heterocycles. The lowest BCUT2D eigenvalue weighted by Gasteiger charge is -2.27. The Hall–Kier alpha value is -1.35. The molecule has 0 bridgehead atoms. The maximum Gasteiger partial charge on any atom is 0.221 e. The van der Waals surface area contributed by atoms with E-state index in [2.05, 4.69) is 41.4 Å². The van der Waals surface area contributed by atoms with Gasteiger partial charge in [0.15, 0.2) is 0 Å². The summed E-state index contributed by atoms with van der Waals surface area (Å²) in [5.41, 5.74) is 2.73. The average Bonchev–Trinajstić information content (AvgIpc) is 3.33. The van der Waals surface area contributed by atoms with Crippen LogP contribution in [-0.2, 0) is 11.2 Å². The van der Waals surface area contributed by atoms with E-state index in [1.54, 1.807) is 0 Å². The third-order valence-electron chi connectivity index (χ3n) is 4.80. The average molecular weight is 286 g/mol. The molecular formula is C18H26N2O. The van der Waals surface area contributed by atoms with Crippen molar-refractivity contribution < 1.29 is 4.79 Å². The van der Waals surface area contributed by atoms with E-state index >= 15 is 0 Å². The second-order valence-corrected chi connectivity index (χ2v) is 6.32. The van der Waals surface area contributed by atoms with Crippen molar-refractivity contribution in [2.45, 2.75) is 57.5 Å². The molecule has 0 spiro atoms. The van der Waals surface area contributed by atoms with E-state index in [0.29, 0.717) is 6.42 Å². The monoisotopic (exact) mass is 286 g/mol. The zero-order chi connectivity index (χ0) is 14.7. The van der Waals surface area contributed by atoms with Crippen LogP contribution in [0.15, 0.2) is 24.3 Å². The second kappa shape index (κ2) is 6.61. The highest BCUT2D eigenvalue weighted by molar-refractivity contribution is 5.76. The fraction of sp³-hybridized carbons (Fsp3) is 0.611. The maximum absolute atomic E-state index is 12.2. The molecule has 114 valence electrons. The summed E-state index contributed by atoms with van der Waals surface area (Å²) in [5, 5.41) is 3.25. The highest BCUT2D eigenvalue weighted by atomic mass is 16.1. The molecule has 1 fully saturated rings. The molecule has 0 aliphatic heterocycles. The van der Waals surface area contributed by atoms with Crippen LogP contribution in [0.4, 0.5) is 0 Å². The number of fused-ring (bicyclic) bond motifs is 1. The summed E-state index contributed by atoms with van der Waals surface area (Å²) in [6.45, 7) is 4.15. The van der Waals surface area contributed by atoms with Crippen molar-refractivity contribution in [2.75, 3.05) is 13.1 Å². The molecule has 3 heteroatoms. The highest BCUT2D eigenvalue weighted by Crippen LogP contribution is 2.29. The maximum atomic E-state index is 12.2. The lowest BCUT2D eigenvalue weighted by atomic mass is 9.87. The van der Waals surface area contributed by atoms with Crippen LogP contribution >= 0.6 is 0 Å². The molecule has 1 aromatic carbocycles. The summed E-state index contributed by atoms with van der Waals surface area (Å²) >= 11 is 0. The minimum Gasteiger partial charge on any atom is -0.349 e. The molecular weight excluding hydrogens is 260 g/mol. The third kappa shape index (κ3) is 3.65. The molecule has 3 nitrogen and oxygen atoms in total. The Morgan fingerprint density at radius 2 is 2.10 bits per heavy atom. The summed E-state index contributed by atoms with van der Waals surface area (Å²) in [6, 6.07) is 9.51. The van der Waals surface area contributed by atoms with Crippen LogP contribution in [0.25, 0.3) is 0 Å². The van der Waals surface area contributed by atoms with Crippen molar-refractivity contribution in [2.24, 2.45) is 0 Å². The quantitative estimate of drug-likeness (QED) is 0.871. The SMILES string of the molecule is CCN(CCC(=O)NC1CCCc2ccccc21)C1CC1. The molecule has 1 unspecified atom stereocenters. The zero-order valence-electron chi connectivity index (χ0n) is 13.0. The van der Waals surface area contributed by atoms with Gasteiger partial charge in [-0.3, -0.25) is 4.79 Å². The number of carbonyl (C=O) groups excluding carboxylic acids is 1. The van der Waals surface area contributed by atoms with Gasteiger partial charge >= 0.3 is 0 Å². The van der Waals surface area contributed by atoms with Crippen molar-refractivity contribution >= 4 is 5.91 Å². The largest absolute Gasteiger partial charge is 0.349 e. The van der Waals surface area contributed by atoms with Gasteiger partial charge in [-0.15, -0.1) is 0 Å². The lowest BCUT2D eigenvalue weighted by molar-refractivity contribution is -0.122. The Kier molecular flexibility index (Phi) is 4.59. The number of nitrogens with zero attached hydrogens (tertiary/aromatic N) is 1. The summed E-state index contributed by atoms with van der Waals surface area (Å²) in [7, 11) is 0. The normalized spacial score (nSPS) is 21.1. The van der Waals surface area contributed by atoms with E-state index in [0.717, 1.165) is 32.0 Å². The number of nitrogens with one attached hydrogen (secondary N) is 1. The van der Waals surface area contributed by atoms with Gasteiger partial charge in [0.1, 0.15) is 0 Å². The Bertz CT molecular complexity index is 496. The van der Waals surface area contributed by atoms with Gasteiger partial charge in [0.25, 0.3) is 0 Å². The number of hydrogen-bond acceptors (Lipinski definition) is 2. The van der Waals surface area contributed by atoms with E-state index in [1.807, 2.05) is 0 Å². The van der Waals surface area contributed by atoms with Gasteiger partial charge in [-0.05, 0) is 49.8 Å². The zero-order valence-corrected chi connectivity index (χ0v) is 13.0. The van der Waals surface area contributed by atoms with E-state index < -0.39 is 0 Å². The molecule has 0 aromatic heterocycles. The van der Waals surface area contributed by atoms with Gasteiger partial charge in [-0.1, -0.05) is 31.2 Å². The van der Waals surface area contributed by atoms with Crippen LogP contribution in [0.1, 0.15) is 56.2 Å². The second-order valence-electron chi connectivity index (χ2n) is 6.32. The molecule has 1 saturated carbocycles. The number of benzene rings is 1. The van der Waals surface area contributed by atoms with Crippen molar-refractivity contribution in [3.05, 3.63) is 35.4 Å². The molecule has 1 amide bonds. The number of aryl methyl sites for hydroxylation is 1. The van der Waals surface area contributed by atoms with Crippen molar-refractivity contribution in [1.29, 1.82) is 0 Å². The molecule has 0 radical (unpaired) electrons. The van der Waals surface area contributed by atoms with Crippen LogP contribution in [0.3, 0.4) is 0 Å². The first-order chi connectivity index (χ1) is 10.3. The Morgan fingerprint density at radius 1 is 1.29 bits per heavy atom. The number of rotatable bonds is 6. The molecule has 1 atom stereocenters. The van der Waals surface area contributed by atoms with Gasteiger partial charge in [0.2, 0.25) is 5.91 Å². The first kappa shape index (κ1) is 14.6. The van der Waals surface area contributed by atoms with E-state index in [4.69, 9.17) is 0 Å². The number of amides is 1. The first-order valence-corrected chi connectivity index (χ1v) is 8.39. The van der Waals surface area contributed by atoms with Crippen LogP contribution in [0, 0.1) is 0 Å². The Labute approximate surface area is 127 Å². The summed E-state index contributed by atoms with van der Waals surface area (Å²) in [5.74, 6) is 0.204. The van der Waals surface area contributed by atoms with Crippen LogP contribution < -0.4 is 5.32 Å². The smallest absolute Gasteiger partial charge is 0.221 e. The number of carbonyl (C=O) groups is 1. The fourth-order valence-electron chi connectivity index (χ4n) is 3.45. The summed E-state index contributed by atoms with van der Waals surface area (Å²) in [6.07, 6.45) is 6.64. The standard InChI is InChI=1S/C18H26N2O/c1-2-20(15-10-11-15)13-12-18(21)19-17-9-5-7-14-6-3-4-8-16(14)17/h3-4,6,8,15,17H,2,5,7,9-13H2,1H3,(H,19,21). The van der Waals surface area contributed by atoms with Gasteiger partial charge in [-0.2, -0.15) is 0 Å². The molecule has 1 N–H and O–H groups in total. The van der Waals surface area contributed by atoms with Gasteiger partial charge in [0, 0.05) is 19.0 Å². The predicted octanol–water partition coefficient (Wildman–Crippen LogP) is 3.05. The van der Waals surface area contributed by atoms with Crippen LogP contribution in [0.5, 0.6) is 0 Å². The molecule has 21 heavy (non-hydrogen) atoms. The predicted molar refractivity (Wildman–Crippen MR) is 85.1 cm³/mol. The van der Waals surface area contributed by atoms with E-state index in [9.17, 15) is 4.79 Å². The number of hydrogen-bond donors (Lipinski definition) is 1. The van der Waals surface area contributed by atoms with E-state index in [1.165, 1.54) is 30.4 Å². The van der Waals surface area contributed by atoms with E-state index in [-0.39, 0.29) is 11.9 Å². The van der Waals surface area contributed by atoms with Crippen molar-refractivity contribution in [3.8, 4) is 0 Å². The highest BCUT2D eigenvalue weighted by Gasteiger charge is 2.28. The lowest BCUT2D eigenvalue weighted by Crippen LogP contribution is -2.35. The third-order valence-corrected chi connectivity index (χ3v) is 4.80. The molecule has 2 aliphatic carbocycles. The first-order valence-electron chi connectivity index (χ1n) is 8.39.